The summed E-state index contributed by atoms with van der Waals surface area (Å²) in [6.45, 7) is 4.98. The minimum absolute atomic E-state index is 0.315. The van der Waals surface area contributed by atoms with Gasteiger partial charge in [0.05, 0.1) is 13.2 Å². The first-order valence-corrected chi connectivity index (χ1v) is 20.0. The summed E-state index contributed by atoms with van der Waals surface area (Å²) < 4.78 is 25.0. The summed E-state index contributed by atoms with van der Waals surface area (Å²) in [7, 11) is 0. The largest absolute Gasteiger partial charge is 0.513 e. The number of hydrogen-bond acceptors (Lipinski definition) is 6. The predicted octanol–water partition coefficient (Wildman–Crippen LogP) is 14.5. The number of unbranched alkanes of at least 4 members (excludes halogenated alkanes) is 8. The van der Waals surface area contributed by atoms with E-state index in [1.807, 2.05) is 60.7 Å². The standard InChI is InChI=1S/C44H44Br2O6/c1-3-5-7-9-15-25-49-43(47)51-41-33-19-13-11-17-31(33)39(37-27-29(45)21-23-35(37)41)40-32-18-12-14-20-34(32)42(36-24-22-30(46)28-38(36)40)52-44(48)50-26-16-10-8-6-4-2/h11-14,17-24,27-28H,3-10,15-16,25-26H2,1-2H3. The van der Waals surface area contributed by atoms with Crippen LogP contribution in [0.4, 0.5) is 9.59 Å². The second-order valence-corrected chi connectivity index (χ2v) is 14.9. The van der Waals surface area contributed by atoms with Crippen molar-refractivity contribution in [2.75, 3.05) is 13.2 Å². The molecular formula is C44H44Br2O6. The van der Waals surface area contributed by atoms with Gasteiger partial charge in [0.1, 0.15) is 11.5 Å². The van der Waals surface area contributed by atoms with E-state index in [4.69, 9.17) is 18.9 Å². The SMILES string of the molecule is CCCCCCCOC(=O)Oc1c2ccccc2c(-c2c3ccccc3c(OC(=O)OCCCCCCC)c3ccc(Br)cc23)c2cc(Br)ccc12. The molecule has 270 valence electrons. The van der Waals surface area contributed by atoms with Gasteiger partial charge in [0.25, 0.3) is 0 Å². The molecule has 52 heavy (non-hydrogen) atoms. The summed E-state index contributed by atoms with van der Waals surface area (Å²) in [6.07, 6.45) is 9.10. The smallest absolute Gasteiger partial charge is 0.434 e. The molecule has 6 aromatic rings. The van der Waals surface area contributed by atoms with Crippen molar-refractivity contribution >= 4 is 87.3 Å². The molecule has 0 spiro atoms. The Labute approximate surface area is 322 Å². The molecule has 0 saturated carbocycles. The van der Waals surface area contributed by atoms with Gasteiger partial charge in [0.15, 0.2) is 0 Å². The molecule has 6 aromatic carbocycles. The number of hydrogen-bond donors (Lipinski definition) is 0. The molecular weight excluding hydrogens is 784 g/mol. The zero-order valence-electron chi connectivity index (χ0n) is 29.8. The van der Waals surface area contributed by atoms with Crippen LogP contribution in [0.3, 0.4) is 0 Å². The molecule has 0 bridgehead atoms. The summed E-state index contributed by atoms with van der Waals surface area (Å²) in [5.41, 5.74) is 1.92. The van der Waals surface area contributed by atoms with Crippen molar-refractivity contribution in [3.63, 3.8) is 0 Å². The molecule has 0 radical (unpaired) electrons. The Morgan fingerprint density at radius 2 is 0.827 bits per heavy atom. The van der Waals surface area contributed by atoms with Crippen LogP contribution in [-0.2, 0) is 9.47 Å². The molecule has 0 N–H and O–H groups in total. The van der Waals surface area contributed by atoms with E-state index < -0.39 is 12.3 Å². The van der Waals surface area contributed by atoms with Crippen LogP contribution in [0.1, 0.15) is 78.1 Å². The molecule has 0 heterocycles. The zero-order valence-corrected chi connectivity index (χ0v) is 32.9. The fraction of sp³-hybridized carbons (Fsp3) is 0.318. The lowest BCUT2D eigenvalue weighted by molar-refractivity contribution is 0.0972. The van der Waals surface area contributed by atoms with E-state index in [0.29, 0.717) is 24.7 Å². The molecule has 0 aromatic heterocycles. The highest BCUT2D eigenvalue weighted by Gasteiger charge is 2.25. The maximum Gasteiger partial charge on any atom is 0.513 e. The minimum atomic E-state index is -0.716. The first kappa shape index (κ1) is 37.6. The van der Waals surface area contributed by atoms with E-state index in [1.54, 1.807) is 0 Å². The highest BCUT2D eigenvalue weighted by atomic mass is 79.9. The molecule has 6 rings (SSSR count). The molecule has 0 amide bonds. The minimum Gasteiger partial charge on any atom is -0.434 e. The summed E-state index contributed by atoms with van der Waals surface area (Å²) in [4.78, 5) is 26.3. The molecule has 0 aliphatic rings. The summed E-state index contributed by atoms with van der Waals surface area (Å²) in [5.74, 6) is 0.898. The Bertz CT molecular complexity index is 2050. The van der Waals surface area contributed by atoms with Gasteiger partial charge in [0.2, 0.25) is 0 Å². The van der Waals surface area contributed by atoms with E-state index in [0.717, 1.165) is 115 Å². The summed E-state index contributed by atoms with van der Waals surface area (Å²) in [6, 6.07) is 27.9. The maximum atomic E-state index is 13.1. The van der Waals surface area contributed by atoms with E-state index in [1.165, 1.54) is 12.8 Å². The topological polar surface area (TPSA) is 71.1 Å². The first-order valence-electron chi connectivity index (χ1n) is 18.4. The average Bonchev–Trinajstić information content (AvgIpc) is 3.15. The van der Waals surface area contributed by atoms with Crippen LogP contribution in [0, 0.1) is 0 Å². The van der Waals surface area contributed by atoms with Gasteiger partial charge in [-0.3, -0.25) is 0 Å². The summed E-state index contributed by atoms with van der Waals surface area (Å²) in [5, 5.41) is 6.68. The van der Waals surface area contributed by atoms with Gasteiger partial charge in [-0.05, 0) is 81.9 Å². The molecule has 0 unspecified atom stereocenters. The number of fused-ring (bicyclic) bond motifs is 4. The third-order valence-corrected chi connectivity index (χ3v) is 10.4. The van der Waals surface area contributed by atoms with Gasteiger partial charge in [-0.1, -0.05) is 146 Å². The molecule has 0 fully saturated rings. The molecule has 0 aliphatic heterocycles. The van der Waals surface area contributed by atoms with Gasteiger partial charge < -0.3 is 18.9 Å². The number of halogens is 2. The lowest BCUT2D eigenvalue weighted by Crippen LogP contribution is -2.12. The molecule has 0 saturated heterocycles. The summed E-state index contributed by atoms with van der Waals surface area (Å²) >= 11 is 7.43. The molecule has 6 nitrogen and oxygen atoms in total. The van der Waals surface area contributed by atoms with Crippen molar-refractivity contribution < 1.29 is 28.5 Å². The number of ether oxygens (including phenoxy) is 4. The fourth-order valence-electron chi connectivity index (χ4n) is 6.93. The first-order chi connectivity index (χ1) is 25.4. The number of benzene rings is 6. The van der Waals surface area contributed by atoms with E-state index in [2.05, 4.69) is 70.0 Å². The monoisotopic (exact) mass is 826 g/mol. The Kier molecular flexibility index (Phi) is 13.1. The lowest BCUT2D eigenvalue weighted by atomic mass is 9.85. The van der Waals surface area contributed by atoms with Crippen molar-refractivity contribution in [2.24, 2.45) is 0 Å². The third-order valence-electron chi connectivity index (χ3n) is 9.43. The van der Waals surface area contributed by atoms with Crippen molar-refractivity contribution in [1.82, 2.24) is 0 Å². The number of carbonyl (C=O) groups is 2. The van der Waals surface area contributed by atoms with E-state index in [-0.39, 0.29) is 0 Å². The lowest BCUT2D eigenvalue weighted by Gasteiger charge is -2.21. The van der Waals surface area contributed by atoms with Crippen LogP contribution < -0.4 is 9.47 Å². The van der Waals surface area contributed by atoms with Crippen LogP contribution in [-0.4, -0.2) is 25.5 Å². The van der Waals surface area contributed by atoms with Crippen LogP contribution in [0.15, 0.2) is 93.9 Å². The number of rotatable bonds is 15. The van der Waals surface area contributed by atoms with Crippen molar-refractivity contribution in [1.29, 1.82) is 0 Å². The zero-order chi connectivity index (χ0) is 36.5. The maximum absolute atomic E-state index is 13.1. The second kappa shape index (κ2) is 18.1. The van der Waals surface area contributed by atoms with Crippen molar-refractivity contribution in [3.8, 4) is 22.6 Å². The van der Waals surface area contributed by atoms with E-state index in [9.17, 15) is 9.59 Å². The van der Waals surface area contributed by atoms with Gasteiger partial charge in [0, 0.05) is 30.5 Å². The van der Waals surface area contributed by atoms with Crippen LogP contribution in [0.25, 0.3) is 54.2 Å². The Morgan fingerprint density at radius 1 is 0.462 bits per heavy atom. The predicted molar refractivity (Wildman–Crippen MR) is 219 cm³/mol. The Morgan fingerprint density at radius 3 is 1.23 bits per heavy atom. The van der Waals surface area contributed by atoms with Gasteiger partial charge in [-0.2, -0.15) is 0 Å². The van der Waals surface area contributed by atoms with Gasteiger partial charge in [-0.25, -0.2) is 9.59 Å². The van der Waals surface area contributed by atoms with E-state index >= 15 is 0 Å². The van der Waals surface area contributed by atoms with Crippen molar-refractivity contribution in [2.45, 2.75) is 78.1 Å². The van der Waals surface area contributed by atoms with Crippen LogP contribution >= 0.6 is 31.9 Å². The average molecular weight is 829 g/mol. The van der Waals surface area contributed by atoms with Crippen LogP contribution in [0.5, 0.6) is 11.5 Å². The Balaban J connectivity index is 1.48. The van der Waals surface area contributed by atoms with Crippen LogP contribution in [0.2, 0.25) is 0 Å². The Hall–Kier alpha value is -4.14. The third kappa shape index (κ3) is 8.56. The van der Waals surface area contributed by atoms with Crippen molar-refractivity contribution in [3.05, 3.63) is 93.9 Å². The molecule has 8 heteroatoms. The molecule has 0 atom stereocenters. The highest BCUT2D eigenvalue weighted by Crippen LogP contribution is 2.50. The number of carbonyl (C=O) groups excluding carboxylic acids is 2. The second-order valence-electron chi connectivity index (χ2n) is 13.1. The highest BCUT2D eigenvalue weighted by molar-refractivity contribution is 9.10. The van der Waals surface area contributed by atoms with Gasteiger partial charge >= 0.3 is 12.3 Å². The quantitative estimate of drug-likeness (QED) is 0.0444. The van der Waals surface area contributed by atoms with Gasteiger partial charge in [-0.15, -0.1) is 0 Å². The fourth-order valence-corrected chi connectivity index (χ4v) is 7.65. The molecule has 0 aliphatic carbocycles. The normalized spacial score (nSPS) is 11.4.